The van der Waals surface area contributed by atoms with Gasteiger partial charge in [0.1, 0.15) is 0 Å². The highest BCUT2D eigenvalue weighted by atomic mass is 16.5. The van der Waals surface area contributed by atoms with E-state index in [0.717, 1.165) is 25.0 Å². The van der Waals surface area contributed by atoms with Crippen LogP contribution in [-0.4, -0.2) is 13.2 Å². The van der Waals surface area contributed by atoms with Crippen LogP contribution in [0.5, 0.6) is 0 Å². The van der Waals surface area contributed by atoms with Gasteiger partial charge in [0.25, 0.3) is 0 Å². The van der Waals surface area contributed by atoms with Gasteiger partial charge >= 0.3 is 0 Å². The van der Waals surface area contributed by atoms with Crippen molar-refractivity contribution in [3.8, 4) is 0 Å². The standard InChI is InChI=1S/C12H22O/c1-2-4-6-8-13-10-12-9-11(12)7-5-3-1/h11-12H,1-10H2/t11-,12+/m0/s1. The highest BCUT2D eigenvalue weighted by Crippen LogP contribution is 2.42. The second-order valence-corrected chi connectivity index (χ2v) is 4.74. The van der Waals surface area contributed by atoms with Crippen molar-refractivity contribution in [2.75, 3.05) is 13.2 Å². The molecule has 2 aliphatic rings. The smallest absolute Gasteiger partial charge is 0.0497 e. The van der Waals surface area contributed by atoms with Crippen molar-refractivity contribution < 1.29 is 4.74 Å². The molecule has 1 heteroatoms. The van der Waals surface area contributed by atoms with Crippen LogP contribution in [0.15, 0.2) is 0 Å². The van der Waals surface area contributed by atoms with Crippen LogP contribution < -0.4 is 0 Å². The largest absolute Gasteiger partial charge is 0.381 e. The predicted octanol–water partition coefficient (Wildman–Crippen LogP) is 3.38. The monoisotopic (exact) mass is 182 g/mol. The Hall–Kier alpha value is -0.0400. The predicted molar refractivity (Wildman–Crippen MR) is 54.7 cm³/mol. The van der Waals surface area contributed by atoms with E-state index in [9.17, 15) is 0 Å². The maximum Gasteiger partial charge on any atom is 0.0497 e. The molecule has 76 valence electrons. The molecular weight excluding hydrogens is 160 g/mol. The average Bonchev–Trinajstić information content (AvgIpc) is 2.83. The quantitative estimate of drug-likeness (QED) is 0.558. The minimum absolute atomic E-state index is 0.944. The fourth-order valence-corrected chi connectivity index (χ4v) is 2.42. The summed E-state index contributed by atoms with van der Waals surface area (Å²) in [6, 6.07) is 0. The lowest BCUT2D eigenvalue weighted by Gasteiger charge is -2.06. The van der Waals surface area contributed by atoms with E-state index in [1.807, 2.05) is 0 Å². The van der Waals surface area contributed by atoms with Gasteiger partial charge in [0.05, 0.1) is 0 Å². The summed E-state index contributed by atoms with van der Waals surface area (Å²) in [7, 11) is 0. The van der Waals surface area contributed by atoms with Crippen LogP contribution in [0.1, 0.15) is 51.4 Å². The summed E-state index contributed by atoms with van der Waals surface area (Å²) in [6.45, 7) is 2.08. The van der Waals surface area contributed by atoms with E-state index in [0.29, 0.717) is 0 Å². The van der Waals surface area contributed by atoms with Crippen molar-refractivity contribution in [3.63, 3.8) is 0 Å². The number of fused-ring (bicyclic) bond motifs is 1. The van der Waals surface area contributed by atoms with Gasteiger partial charge in [-0.05, 0) is 24.7 Å². The first-order valence-electron chi connectivity index (χ1n) is 6.04. The van der Waals surface area contributed by atoms with Gasteiger partial charge in [-0.25, -0.2) is 0 Å². The van der Waals surface area contributed by atoms with E-state index in [2.05, 4.69) is 0 Å². The molecule has 0 aromatic rings. The Morgan fingerprint density at radius 2 is 1.54 bits per heavy atom. The molecule has 13 heavy (non-hydrogen) atoms. The third-order valence-electron chi connectivity index (χ3n) is 3.51. The van der Waals surface area contributed by atoms with Crippen molar-refractivity contribution >= 4 is 0 Å². The Bertz CT molecular complexity index is 128. The second-order valence-electron chi connectivity index (χ2n) is 4.74. The Labute approximate surface area is 81.9 Å². The average molecular weight is 182 g/mol. The first-order chi connectivity index (χ1) is 6.47. The number of hydrogen-bond donors (Lipinski definition) is 0. The Balaban J connectivity index is 1.66. The van der Waals surface area contributed by atoms with Crippen LogP contribution >= 0.6 is 0 Å². The van der Waals surface area contributed by atoms with Gasteiger partial charge in [0.15, 0.2) is 0 Å². The summed E-state index contributed by atoms with van der Waals surface area (Å²) < 4.78 is 5.66. The van der Waals surface area contributed by atoms with Crippen LogP contribution in [0.25, 0.3) is 0 Å². The molecule has 1 nitrogen and oxygen atoms in total. The first-order valence-corrected chi connectivity index (χ1v) is 6.04. The van der Waals surface area contributed by atoms with Crippen molar-refractivity contribution in [1.29, 1.82) is 0 Å². The zero-order valence-electron chi connectivity index (χ0n) is 8.63. The summed E-state index contributed by atoms with van der Waals surface area (Å²) in [6.07, 6.45) is 11.4. The lowest BCUT2D eigenvalue weighted by molar-refractivity contribution is 0.116. The molecule has 0 spiro atoms. The van der Waals surface area contributed by atoms with Crippen molar-refractivity contribution in [2.24, 2.45) is 11.8 Å². The van der Waals surface area contributed by atoms with Gasteiger partial charge in [-0.2, -0.15) is 0 Å². The SMILES string of the molecule is C1CCCC[C@H]2C[C@@H]2COCCC1. The molecule has 0 bridgehead atoms. The Kier molecular flexibility index (Phi) is 3.65. The molecule has 0 aromatic heterocycles. The molecule has 0 unspecified atom stereocenters. The van der Waals surface area contributed by atoms with Gasteiger partial charge in [-0.3, -0.25) is 0 Å². The van der Waals surface area contributed by atoms with E-state index < -0.39 is 0 Å². The maximum atomic E-state index is 5.66. The van der Waals surface area contributed by atoms with E-state index in [1.165, 1.54) is 51.4 Å². The molecule has 1 aliphatic carbocycles. The van der Waals surface area contributed by atoms with Gasteiger partial charge in [0.2, 0.25) is 0 Å². The van der Waals surface area contributed by atoms with Crippen LogP contribution in [0.3, 0.4) is 0 Å². The highest BCUT2D eigenvalue weighted by Gasteiger charge is 2.35. The molecule has 2 rings (SSSR count). The lowest BCUT2D eigenvalue weighted by atomic mass is 10.1. The van der Waals surface area contributed by atoms with Crippen molar-refractivity contribution in [1.82, 2.24) is 0 Å². The van der Waals surface area contributed by atoms with Crippen LogP contribution in [0, 0.1) is 11.8 Å². The van der Waals surface area contributed by atoms with Crippen molar-refractivity contribution in [2.45, 2.75) is 51.4 Å². The highest BCUT2D eigenvalue weighted by molar-refractivity contribution is 4.85. The molecule has 1 aliphatic heterocycles. The number of ether oxygens (including phenoxy) is 1. The molecule has 1 heterocycles. The topological polar surface area (TPSA) is 9.23 Å². The molecule has 0 amide bonds. The van der Waals surface area contributed by atoms with Crippen molar-refractivity contribution in [3.05, 3.63) is 0 Å². The third kappa shape index (κ3) is 3.30. The number of hydrogen-bond acceptors (Lipinski definition) is 1. The Morgan fingerprint density at radius 3 is 2.46 bits per heavy atom. The zero-order valence-corrected chi connectivity index (χ0v) is 8.63. The fraction of sp³-hybridized carbons (Fsp3) is 1.00. The van der Waals surface area contributed by atoms with Crippen LogP contribution in [0.2, 0.25) is 0 Å². The minimum atomic E-state index is 0.944. The molecule has 0 radical (unpaired) electrons. The molecular formula is C12H22O. The minimum Gasteiger partial charge on any atom is -0.381 e. The Morgan fingerprint density at radius 1 is 0.769 bits per heavy atom. The summed E-state index contributed by atoms with van der Waals surface area (Å²) >= 11 is 0. The van der Waals surface area contributed by atoms with E-state index in [4.69, 9.17) is 4.74 Å². The molecule has 2 fully saturated rings. The summed E-state index contributed by atoms with van der Waals surface area (Å²) in [5.74, 6) is 1.99. The lowest BCUT2D eigenvalue weighted by Crippen LogP contribution is -2.01. The second kappa shape index (κ2) is 4.99. The third-order valence-corrected chi connectivity index (χ3v) is 3.51. The first kappa shape index (κ1) is 9.51. The van der Waals surface area contributed by atoms with Gasteiger partial charge < -0.3 is 4.74 Å². The normalized spacial score (nSPS) is 36.9. The molecule has 2 atom stereocenters. The summed E-state index contributed by atoms with van der Waals surface area (Å²) in [4.78, 5) is 0. The summed E-state index contributed by atoms with van der Waals surface area (Å²) in [5, 5.41) is 0. The van der Waals surface area contributed by atoms with Gasteiger partial charge in [-0.15, -0.1) is 0 Å². The van der Waals surface area contributed by atoms with E-state index >= 15 is 0 Å². The van der Waals surface area contributed by atoms with Gasteiger partial charge in [-0.1, -0.05) is 38.5 Å². The summed E-state index contributed by atoms with van der Waals surface area (Å²) in [5.41, 5.74) is 0. The van der Waals surface area contributed by atoms with Crippen LogP contribution in [-0.2, 0) is 4.74 Å². The van der Waals surface area contributed by atoms with Crippen LogP contribution in [0.4, 0.5) is 0 Å². The fourth-order valence-electron chi connectivity index (χ4n) is 2.42. The van der Waals surface area contributed by atoms with E-state index in [1.54, 1.807) is 0 Å². The maximum absolute atomic E-state index is 5.66. The van der Waals surface area contributed by atoms with E-state index in [-0.39, 0.29) is 0 Å². The molecule has 1 saturated heterocycles. The molecule has 0 N–H and O–H groups in total. The molecule has 1 saturated carbocycles. The number of rotatable bonds is 0. The molecule has 0 aromatic carbocycles. The van der Waals surface area contributed by atoms with Gasteiger partial charge in [0, 0.05) is 13.2 Å². The zero-order chi connectivity index (χ0) is 8.93.